The van der Waals surface area contributed by atoms with Gasteiger partial charge in [-0.25, -0.2) is 0 Å². The van der Waals surface area contributed by atoms with E-state index in [9.17, 15) is 0 Å². The summed E-state index contributed by atoms with van der Waals surface area (Å²) in [6, 6.07) is 8.27. The number of rotatable bonds is 10. The van der Waals surface area contributed by atoms with Crippen LogP contribution in [-0.4, -0.2) is 58.4 Å². The average Bonchev–Trinajstić information content (AvgIpc) is 3.43. The normalized spacial score (nSPS) is 14.5. The Morgan fingerprint density at radius 1 is 1.29 bits per heavy atom. The molecule has 1 aliphatic carbocycles. The molecule has 1 fully saturated rings. The van der Waals surface area contributed by atoms with Gasteiger partial charge in [0.05, 0.1) is 13.7 Å². The molecule has 1 aromatic carbocycles. The molecule has 0 heterocycles. The van der Waals surface area contributed by atoms with E-state index in [0.29, 0.717) is 0 Å². The molecular weight excluding hydrogens is 302 g/mol. The molecule has 0 saturated heterocycles. The summed E-state index contributed by atoms with van der Waals surface area (Å²) in [6.07, 6.45) is 4.79. The van der Waals surface area contributed by atoms with E-state index >= 15 is 0 Å². The number of benzene rings is 1. The topological polar surface area (TPSA) is 46.1 Å². The highest BCUT2D eigenvalue weighted by Gasteiger charge is 2.21. The minimum absolute atomic E-state index is 0.763. The van der Waals surface area contributed by atoms with Gasteiger partial charge in [-0.05, 0) is 49.3 Å². The standard InChI is InChI=1S/C19H31N3O2/c1-20-19(22(2)13-14-24-15-17-6-7-17)21-12-4-5-16-8-10-18(23-3)11-9-16/h8-11,17H,4-7,12-15H2,1-3H3,(H,20,21). The number of nitrogens with one attached hydrogen (secondary N) is 1. The van der Waals surface area contributed by atoms with Gasteiger partial charge in [0.25, 0.3) is 0 Å². The number of aliphatic imine (C=N–C) groups is 1. The molecule has 24 heavy (non-hydrogen) atoms. The smallest absolute Gasteiger partial charge is 0.193 e. The lowest BCUT2D eigenvalue weighted by molar-refractivity contribution is 0.115. The Labute approximate surface area is 146 Å². The van der Waals surface area contributed by atoms with Gasteiger partial charge in [0.1, 0.15) is 5.75 Å². The maximum Gasteiger partial charge on any atom is 0.193 e. The van der Waals surface area contributed by atoms with Crippen molar-refractivity contribution in [1.82, 2.24) is 10.2 Å². The third-order valence-corrected chi connectivity index (χ3v) is 4.28. The van der Waals surface area contributed by atoms with E-state index in [0.717, 1.165) is 56.8 Å². The third kappa shape index (κ3) is 6.79. The first kappa shape index (κ1) is 18.6. The second-order valence-electron chi connectivity index (χ2n) is 6.37. The van der Waals surface area contributed by atoms with Crippen LogP contribution in [-0.2, 0) is 11.2 Å². The molecule has 1 N–H and O–H groups in total. The molecule has 0 aliphatic heterocycles. The Morgan fingerprint density at radius 2 is 2.04 bits per heavy atom. The summed E-state index contributed by atoms with van der Waals surface area (Å²) in [4.78, 5) is 6.47. The molecular formula is C19H31N3O2. The van der Waals surface area contributed by atoms with E-state index in [2.05, 4.69) is 34.4 Å². The number of methoxy groups -OCH3 is 1. The highest BCUT2D eigenvalue weighted by molar-refractivity contribution is 5.79. The Balaban J connectivity index is 1.59. The lowest BCUT2D eigenvalue weighted by atomic mass is 10.1. The van der Waals surface area contributed by atoms with E-state index in [1.165, 1.54) is 18.4 Å². The van der Waals surface area contributed by atoms with Gasteiger partial charge in [-0.3, -0.25) is 4.99 Å². The van der Waals surface area contributed by atoms with E-state index in [1.54, 1.807) is 7.11 Å². The number of guanidine groups is 1. The van der Waals surface area contributed by atoms with Crippen molar-refractivity contribution < 1.29 is 9.47 Å². The van der Waals surface area contributed by atoms with Gasteiger partial charge < -0.3 is 19.7 Å². The fraction of sp³-hybridized carbons (Fsp3) is 0.632. The molecule has 0 spiro atoms. The van der Waals surface area contributed by atoms with Gasteiger partial charge in [-0.15, -0.1) is 0 Å². The number of hydrogen-bond donors (Lipinski definition) is 1. The lowest BCUT2D eigenvalue weighted by Crippen LogP contribution is -2.41. The van der Waals surface area contributed by atoms with Crippen LogP contribution in [0.2, 0.25) is 0 Å². The van der Waals surface area contributed by atoms with Crippen molar-refractivity contribution in [2.24, 2.45) is 10.9 Å². The Hall–Kier alpha value is -1.75. The van der Waals surface area contributed by atoms with Gasteiger partial charge in [0.2, 0.25) is 0 Å². The molecule has 5 heteroatoms. The molecule has 134 valence electrons. The van der Waals surface area contributed by atoms with E-state index in [-0.39, 0.29) is 0 Å². The fourth-order valence-corrected chi connectivity index (χ4v) is 2.51. The summed E-state index contributed by atoms with van der Waals surface area (Å²) < 4.78 is 10.9. The zero-order valence-electron chi connectivity index (χ0n) is 15.3. The van der Waals surface area contributed by atoms with Crippen molar-refractivity contribution >= 4 is 5.96 Å². The van der Waals surface area contributed by atoms with Crippen LogP contribution in [0, 0.1) is 5.92 Å². The highest BCUT2D eigenvalue weighted by Crippen LogP contribution is 2.28. The first-order chi connectivity index (χ1) is 11.7. The molecule has 0 radical (unpaired) electrons. The SMILES string of the molecule is CN=C(NCCCc1ccc(OC)cc1)N(C)CCOCC1CC1. The van der Waals surface area contributed by atoms with Crippen LogP contribution in [0.3, 0.4) is 0 Å². The molecule has 0 atom stereocenters. The number of hydrogen-bond acceptors (Lipinski definition) is 3. The zero-order chi connectivity index (χ0) is 17.2. The molecule has 0 unspecified atom stereocenters. The van der Waals surface area contributed by atoms with Crippen molar-refractivity contribution in [1.29, 1.82) is 0 Å². The van der Waals surface area contributed by atoms with Gasteiger partial charge in [0.15, 0.2) is 5.96 Å². The van der Waals surface area contributed by atoms with Crippen LogP contribution < -0.4 is 10.1 Å². The van der Waals surface area contributed by atoms with Crippen LogP contribution >= 0.6 is 0 Å². The predicted molar refractivity (Wildman–Crippen MR) is 98.8 cm³/mol. The van der Waals surface area contributed by atoms with Crippen LogP contribution in [0.15, 0.2) is 29.3 Å². The minimum atomic E-state index is 0.763. The molecule has 5 nitrogen and oxygen atoms in total. The van der Waals surface area contributed by atoms with Crippen molar-refractivity contribution in [3.8, 4) is 5.75 Å². The largest absolute Gasteiger partial charge is 0.497 e. The van der Waals surface area contributed by atoms with Gasteiger partial charge in [0, 0.05) is 33.8 Å². The van der Waals surface area contributed by atoms with Crippen LogP contribution in [0.1, 0.15) is 24.8 Å². The second kappa shape index (κ2) is 10.2. The van der Waals surface area contributed by atoms with Crippen LogP contribution in [0.4, 0.5) is 0 Å². The Kier molecular flexibility index (Phi) is 7.89. The third-order valence-electron chi connectivity index (χ3n) is 4.28. The molecule has 1 saturated carbocycles. The summed E-state index contributed by atoms with van der Waals surface area (Å²) in [7, 11) is 5.57. The number of aryl methyl sites for hydroxylation is 1. The fourth-order valence-electron chi connectivity index (χ4n) is 2.51. The summed E-state index contributed by atoms with van der Waals surface area (Å²) in [6.45, 7) is 3.46. The summed E-state index contributed by atoms with van der Waals surface area (Å²) >= 11 is 0. The molecule has 1 aromatic rings. The molecule has 1 aliphatic rings. The van der Waals surface area contributed by atoms with Crippen molar-refractivity contribution in [3.05, 3.63) is 29.8 Å². The van der Waals surface area contributed by atoms with Crippen molar-refractivity contribution in [3.63, 3.8) is 0 Å². The maximum absolute atomic E-state index is 5.69. The van der Waals surface area contributed by atoms with E-state index in [4.69, 9.17) is 9.47 Å². The van der Waals surface area contributed by atoms with E-state index < -0.39 is 0 Å². The molecule has 2 rings (SSSR count). The van der Waals surface area contributed by atoms with Gasteiger partial charge in [-0.1, -0.05) is 12.1 Å². The number of likely N-dealkylation sites (N-methyl/N-ethyl adjacent to an activating group) is 1. The zero-order valence-corrected chi connectivity index (χ0v) is 15.3. The highest BCUT2D eigenvalue weighted by atomic mass is 16.5. The molecule has 0 bridgehead atoms. The van der Waals surface area contributed by atoms with Crippen LogP contribution in [0.25, 0.3) is 0 Å². The maximum atomic E-state index is 5.69. The van der Waals surface area contributed by atoms with Crippen LogP contribution in [0.5, 0.6) is 5.75 Å². The quantitative estimate of drug-likeness (QED) is 0.406. The van der Waals surface area contributed by atoms with Crippen molar-refractivity contribution in [2.75, 3.05) is 47.5 Å². The predicted octanol–water partition coefficient (Wildman–Crippen LogP) is 2.56. The lowest BCUT2D eigenvalue weighted by Gasteiger charge is -2.22. The minimum Gasteiger partial charge on any atom is -0.497 e. The second-order valence-corrected chi connectivity index (χ2v) is 6.37. The Morgan fingerprint density at radius 3 is 2.67 bits per heavy atom. The van der Waals surface area contributed by atoms with Crippen molar-refractivity contribution in [2.45, 2.75) is 25.7 Å². The number of nitrogens with zero attached hydrogens (tertiary/aromatic N) is 2. The molecule has 0 amide bonds. The number of ether oxygens (including phenoxy) is 2. The summed E-state index contributed by atoms with van der Waals surface area (Å²) in [5.41, 5.74) is 1.33. The average molecular weight is 333 g/mol. The van der Waals surface area contributed by atoms with E-state index in [1.807, 2.05) is 19.2 Å². The first-order valence-electron chi connectivity index (χ1n) is 8.85. The summed E-state index contributed by atoms with van der Waals surface area (Å²) in [5.74, 6) is 2.66. The van der Waals surface area contributed by atoms with Gasteiger partial charge >= 0.3 is 0 Å². The molecule has 0 aromatic heterocycles. The monoisotopic (exact) mass is 333 g/mol. The Bertz CT molecular complexity index is 498. The van der Waals surface area contributed by atoms with Gasteiger partial charge in [-0.2, -0.15) is 0 Å². The summed E-state index contributed by atoms with van der Waals surface area (Å²) in [5, 5.41) is 3.42. The first-order valence-corrected chi connectivity index (χ1v) is 8.85.